The van der Waals surface area contributed by atoms with Crippen LogP contribution in [0.3, 0.4) is 0 Å². The molecule has 6 nitrogen and oxygen atoms in total. The fourth-order valence-electron chi connectivity index (χ4n) is 2.90. The van der Waals surface area contributed by atoms with E-state index < -0.39 is 17.4 Å². The Bertz CT molecular complexity index is 630. The summed E-state index contributed by atoms with van der Waals surface area (Å²) in [5.41, 5.74) is 0.728. The molecule has 120 valence electrons. The molecule has 7 heteroatoms. The van der Waals surface area contributed by atoms with Crippen LogP contribution in [-0.2, 0) is 4.79 Å². The van der Waals surface area contributed by atoms with Gasteiger partial charge in [0.2, 0.25) is 0 Å². The van der Waals surface area contributed by atoms with E-state index in [1.165, 1.54) is 6.92 Å². The Hall–Kier alpha value is -1.76. The van der Waals surface area contributed by atoms with Gasteiger partial charge in [0.1, 0.15) is 11.2 Å². The first kappa shape index (κ1) is 16.6. The number of nitrogens with one attached hydrogen (secondary N) is 2. The predicted molar refractivity (Wildman–Crippen MR) is 84.7 cm³/mol. The van der Waals surface area contributed by atoms with E-state index in [1.54, 1.807) is 25.6 Å². The Morgan fingerprint density at radius 1 is 1.23 bits per heavy atom. The van der Waals surface area contributed by atoms with Crippen molar-refractivity contribution in [1.82, 2.24) is 10.3 Å². The number of aryl methyl sites for hydroxylation is 1. The van der Waals surface area contributed by atoms with Gasteiger partial charge in [-0.3, -0.25) is 9.59 Å². The fraction of sp³-hybridized carbons (Fsp3) is 0.533. The number of hydrogen-bond acceptors (Lipinski definition) is 4. The minimum absolute atomic E-state index is 0.118. The third kappa shape index (κ3) is 2.90. The number of hydrogen-bond donors (Lipinski definition) is 3. The Balaban J connectivity index is 2.30. The van der Waals surface area contributed by atoms with Crippen molar-refractivity contribution in [3.63, 3.8) is 0 Å². The number of aromatic amines is 1. The Labute approximate surface area is 133 Å². The highest BCUT2D eigenvalue weighted by Gasteiger charge is 2.42. The number of H-pyrrole nitrogens is 1. The molecule has 0 aliphatic carbocycles. The molecule has 1 aliphatic rings. The molecule has 2 rings (SSSR count). The van der Waals surface area contributed by atoms with E-state index in [1.807, 2.05) is 0 Å². The average molecular weight is 324 g/mol. The van der Waals surface area contributed by atoms with Crippen molar-refractivity contribution in [1.29, 1.82) is 0 Å². The van der Waals surface area contributed by atoms with Crippen molar-refractivity contribution in [3.05, 3.63) is 22.5 Å². The molecule has 22 heavy (non-hydrogen) atoms. The maximum absolute atomic E-state index is 12.5. The highest BCUT2D eigenvalue weighted by atomic mass is 32.2. The van der Waals surface area contributed by atoms with Gasteiger partial charge in [-0.15, -0.1) is 0 Å². The number of rotatable bonds is 4. The van der Waals surface area contributed by atoms with Gasteiger partial charge in [0.05, 0.1) is 0 Å². The van der Waals surface area contributed by atoms with E-state index in [0.717, 1.165) is 0 Å². The lowest BCUT2D eigenvalue weighted by Crippen LogP contribution is -2.56. The minimum atomic E-state index is -1.22. The molecule has 1 aromatic rings. The number of Topliss-reactive ketones (excluding diaryl/α,β-unsaturated/α-hetero) is 1. The quantitative estimate of drug-likeness (QED) is 0.735. The summed E-state index contributed by atoms with van der Waals surface area (Å²) in [5.74, 6) is -0.189. The SMILES string of the molecule is CC(=O)c1c(C)[nH]c(C(=O)NC2(C(=O)O)CCSCC2)c1C. The van der Waals surface area contributed by atoms with Gasteiger partial charge in [0.15, 0.2) is 5.78 Å². The summed E-state index contributed by atoms with van der Waals surface area (Å²) in [6.07, 6.45) is 0.800. The zero-order valence-corrected chi connectivity index (χ0v) is 13.7. The number of carbonyl (C=O) groups is 3. The molecule has 0 aromatic carbocycles. The average Bonchev–Trinajstić information content (AvgIpc) is 2.74. The van der Waals surface area contributed by atoms with Gasteiger partial charge in [-0.2, -0.15) is 11.8 Å². The highest BCUT2D eigenvalue weighted by molar-refractivity contribution is 7.99. The van der Waals surface area contributed by atoms with Crippen molar-refractivity contribution in [2.24, 2.45) is 0 Å². The van der Waals surface area contributed by atoms with E-state index in [9.17, 15) is 19.5 Å². The molecule has 3 N–H and O–H groups in total. The largest absolute Gasteiger partial charge is 0.480 e. The first-order chi connectivity index (χ1) is 10.3. The second-order valence-corrected chi connectivity index (χ2v) is 6.86. The van der Waals surface area contributed by atoms with Crippen LogP contribution in [-0.4, -0.2) is 44.8 Å². The van der Waals surface area contributed by atoms with Crippen LogP contribution in [0.5, 0.6) is 0 Å². The number of thioether (sulfide) groups is 1. The van der Waals surface area contributed by atoms with Crippen molar-refractivity contribution in [2.45, 2.75) is 39.2 Å². The smallest absolute Gasteiger partial charge is 0.329 e. The van der Waals surface area contributed by atoms with Gasteiger partial charge in [0, 0.05) is 11.3 Å². The molecule has 1 fully saturated rings. The van der Waals surface area contributed by atoms with Crippen LogP contribution in [0.1, 0.15) is 51.9 Å². The summed E-state index contributed by atoms with van der Waals surface area (Å²) in [4.78, 5) is 38.7. The van der Waals surface area contributed by atoms with Crippen LogP contribution in [0.2, 0.25) is 0 Å². The lowest BCUT2D eigenvalue weighted by Gasteiger charge is -2.33. The van der Waals surface area contributed by atoms with E-state index >= 15 is 0 Å². The lowest BCUT2D eigenvalue weighted by molar-refractivity contribution is -0.144. The van der Waals surface area contributed by atoms with E-state index in [2.05, 4.69) is 10.3 Å². The molecule has 0 spiro atoms. The molecule has 0 atom stereocenters. The maximum Gasteiger partial charge on any atom is 0.329 e. The Kier molecular flexibility index (Phi) is 4.65. The van der Waals surface area contributed by atoms with Crippen LogP contribution >= 0.6 is 11.8 Å². The zero-order valence-electron chi connectivity index (χ0n) is 12.9. The number of amides is 1. The standard InChI is InChI=1S/C15H20N2O4S/c1-8-11(10(3)18)9(2)16-12(8)13(19)17-15(14(20)21)4-6-22-7-5-15/h16H,4-7H2,1-3H3,(H,17,19)(H,20,21). The van der Waals surface area contributed by atoms with E-state index in [-0.39, 0.29) is 11.5 Å². The van der Waals surface area contributed by atoms with Crippen LogP contribution in [0.25, 0.3) is 0 Å². The van der Waals surface area contributed by atoms with Crippen LogP contribution in [0.4, 0.5) is 0 Å². The van der Waals surface area contributed by atoms with Crippen molar-refractivity contribution in [3.8, 4) is 0 Å². The molecule has 1 saturated heterocycles. The van der Waals surface area contributed by atoms with Crippen LogP contribution < -0.4 is 5.32 Å². The summed E-state index contributed by atoms with van der Waals surface area (Å²) in [7, 11) is 0. The van der Waals surface area contributed by atoms with E-state index in [4.69, 9.17) is 0 Å². The first-order valence-electron chi connectivity index (χ1n) is 7.12. The predicted octanol–water partition coefficient (Wildman–Crippen LogP) is 1.91. The normalized spacial score (nSPS) is 17.0. The molecule has 1 aromatic heterocycles. The molecular formula is C15H20N2O4S. The molecule has 1 amide bonds. The summed E-state index contributed by atoms with van der Waals surface area (Å²) < 4.78 is 0. The van der Waals surface area contributed by atoms with Gasteiger partial charge >= 0.3 is 5.97 Å². The Morgan fingerprint density at radius 2 is 1.82 bits per heavy atom. The molecular weight excluding hydrogens is 304 g/mol. The highest BCUT2D eigenvalue weighted by Crippen LogP contribution is 2.28. The van der Waals surface area contributed by atoms with Crippen LogP contribution in [0, 0.1) is 13.8 Å². The van der Waals surface area contributed by atoms with E-state index in [0.29, 0.717) is 41.2 Å². The zero-order chi connectivity index (χ0) is 16.5. The maximum atomic E-state index is 12.5. The molecule has 0 radical (unpaired) electrons. The van der Waals surface area contributed by atoms with Crippen molar-refractivity contribution < 1.29 is 19.5 Å². The number of carboxylic acids is 1. The number of aliphatic carboxylic acids is 1. The van der Waals surface area contributed by atoms with Gasteiger partial charge < -0.3 is 15.4 Å². The minimum Gasteiger partial charge on any atom is -0.480 e. The summed E-state index contributed by atoms with van der Waals surface area (Å²) in [6, 6.07) is 0. The number of carbonyl (C=O) groups excluding carboxylic acids is 2. The summed E-state index contributed by atoms with van der Waals surface area (Å²) in [5, 5.41) is 12.2. The monoisotopic (exact) mass is 324 g/mol. The van der Waals surface area contributed by atoms with Gasteiger partial charge in [0.25, 0.3) is 5.91 Å². The fourth-order valence-corrected chi connectivity index (χ4v) is 4.09. The van der Waals surface area contributed by atoms with Crippen molar-refractivity contribution >= 4 is 29.4 Å². The van der Waals surface area contributed by atoms with Gasteiger partial charge in [-0.1, -0.05) is 0 Å². The van der Waals surface area contributed by atoms with Gasteiger partial charge in [-0.05, 0) is 50.7 Å². The number of carboxylic acid groups (broad SMARTS) is 1. The number of ketones is 1. The molecule has 0 unspecified atom stereocenters. The summed E-state index contributed by atoms with van der Waals surface area (Å²) in [6.45, 7) is 4.87. The third-order valence-electron chi connectivity index (χ3n) is 4.13. The molecule has 1 aliphatic heterocycles. The van der Waals surface area contributed by atoms with Crippen LogP contribution in [0.15, 0.2) is 0 Å². The van der Waals surface area contributed by atoms with Gasteiger partial charge in [-0.25, -0.2) is 4.79 Å². The number of aromatic nitrogens is 1. The lowest BCUT2D eigenvalue weighted by atomic mass is 9.92. The summed E-state index contributed by atoms with van der Waals surface area (Å²) >= 11 is 1.68. The second-order valence-electron chi connectivity index (χ2n) is 5.63. The Morgan fingerprint density at radius 3 is 2.27 bits per heavy atom. The van der Waals surface area contributed by atoms with Crippen molar-refractivity contribution in [2.75, 3.05) is 11.5 Å². The molecule has 0 saturated carbocycles. The first-order valence-corrected chi connectivity index (χ1v) is 8.28. The molecule has 0 bridgehead atoms. The third-order valence-corrected chi connectivity index (χ3v) is 5.11. The molecule has 2 heterocycles. The topological polar surface area (TPSA) is 99.3 Å². The second kappa shape index (κ2) is 6.16.